The molecule has 2 aromatic rings. The van der Waals surface area contributed by atoms with E-state index >= 15 is 0 Å². The van der Waals surface area contributed by atoms with E-state index in [0.717, 1.165) is 43.4 Å². The minimum atomic E-state index is 0.0443. The average Bonchev–Trinajstić information content (AvgIpc) is 2.97. The molecular formula is C23H26N2O2. The molecule has 0 aliphatic carbocycles. The van der Waals surface area contributed by atoms with Crippen molar-refractivity contribution in [2.24, 2.45) is 0 Å². The van der Waals surface area contributed by atoms with Gasteiger partial charge in [0.25, 0.3) is 5.91 Å². The number of benzene rings is 2. The van der Waals surface area contributed by atoms with E-state index in [0.29, 0.717) is 0 Å². The van der Waals surface area contributed by atoms with Gasteiger partial charge in [0.15, 0.2) is 0 Å². The van der Waals surface area contributed by atoms with Gasteiger partial charge in [0.05, 0.1) is 18.1 Å². The highest BCUT2D eigenvalue weighted by Gasteiger charge is 2.47. The van der Waals surface area contributed by atoms with E-state index < -0.39 is 0 Å². The molecule has 2 heterocycles. The molecule has 0 saturated carbocycles. The number of fused-ring (bicyclic) bond motifs is 1. The first-order chi connectivity index (χ1) is 13.2. The molecule has 2 saturated heterocycles. The fourth-order valence-corrected chi connectivity index (χ4v) is 4.81. The second-order valence-corrected chi connectivity index (χ2v) is 7.58. The fraction of sp³-hybridized carbons (Fsp3) is 0.391. The molecule has 2 aliphatic rings. The van der Waals surface area contributed by atoms with Crippen molar-refractivity contribution >= 4 is 11.8 Å². The normalized spacial score (nSPS) is 25.0. The molecule has 2 aromatic carbocycles. The van der Waals surface area contributed by atoms with Crippen molar-refractivity contribution in [3.63, 3.8) is 0 Å². The van der Waals surface area contributed by atoms with Gasteiger partial charge in [-0.25, -0.2) is 0 Å². The predicted octanol–water partition coefficient (Wildman–Crippen LogP) is 4.04. The Kier molecular flexibility index (Phi) is 4.97. The summed E-state index contributed by atoms with van der Waals surface area (Å²) in [7, 11) is 0. The van der Waals surface area contributed by atoms with Crippen molar-refractivity contribution in [3.8, 4) is 0 Å². The number of rotatable bonds is 2. The number of amides is 2. The Hall–Kier alpha value is -2.62. The van der Waals surface area contributed by atoms with Crippen molar-refractivity contribution in [2.75, 3.05) is 6.54 Å². The van der Waals surface area contributed by atoms with Crippen LogP contribution in [-0.2, 0) is 4.79 Å². The van der Waals surface area contributed by atoms with Crippen LogP contribution in [0.2, 0.25) is 0 Å². The number of carbonyl (C=O) groups excluding carboxylic acids is 2. The first kappa shape index (κ1) is 17.8. The lowest BCUT2D eigenvalue weighted by Crippen LogP contribution is -2.47. The summed E-state index contributed by atoms with van der Waals surface area (Å²) in [6.07, 6.45) is 3.82. The van der Waals surface area contributed by atoms with E-state index in [1.54, 1.807) is 6.92 Å². The Morgan fingerprint density at radius 2 is 1.56 bits per heavy atom. The molecule has 27 heavy (non-hydrogen) atoms. The third kappa shape index (κ3) is 3.36. The zero-order chi connectivity index (χ0) is 18.8. The summed E-state index contributed by atoms with van der Waals surface area (Å²) in [4.78, 5) is 29.9. The second kappa shape index (κ2) is 7.55. The highest BCUT2D eigenvalue weighted by Crippen LogP contribution is 2.42. The van der Waals surface area contributed by atoms with Crippen LogP contribution in [0.1, 0.15) is 54.6 Å². The lowest BCUT2D eigenvalue weighted by Gasteiger charge is -2.33. The smallest absolute Gasteiger partial charge is 0.254 e. The maximum absolute atomic E-state index is 13.2. The molecule has 4 nitrogen and oxygen atoms in total. The van der Waals surface area contributed by atoms with Crippen LogP contribution in [0.15, 0.2) is 60.7 Å². The molecule has 4 heteroatoms. The van der Waals surface area contributed by atoms with Crippen LogP contribution >= 0.6 is 0 Å². The number of likely N-dealkylation sites (tertiary alicyclic amines) is 2. The van der Waals surface area contributed by atoms with Crippen LogP contribution in [0.25, 0.3) is 0 Å². The van der Waals surface area contributed by atoms with Gasteiger partial charge in [-0.1, -0.05) is 48.5 Å². The molecular weight excluding hydrogens is 336 g/mol. The topological polar surface area (TPSA) is 40.6 Å². The number of hydrogen-bond donors (Lipinski definition) is 0. The summed E-state index contributed by atoms with van der Waals surface area (Å²) in [5.41, 5.74) is 1.89. The van der Waals surface area contributed by atoms with Crippen molar-refractivity contribution in [3.05, 3.63) is 71.8 Å². The van der Waals surface area contributed by atoms with Crippen molar-refractivity contribution < 1.29 is 9.59 Å². The average molecular weight is 362 g/mol. The quantitative estimate of drug-likeness (QED) is 0.809. The maximum Gasteiger partial charge on any atom is 0.254 e. The standard InChI is InChI=1S/C23H26N2O2/c1-17(26)25-20-14-8-9-15-24(23(27)19-12-6-3-7-13-19)22(20)16-21(25)18-10-4-2-5-11-18/h2-7,10-13,20-22H,8-9,14-16H2,1H3/t20-,21-,22+/m0/s1. The van der Waals surface area contributed by atoms with E-state index in [4.69, 9.17) is 0 Å². The van der Waals surface area contributed by atoms with Crippen LogP contribution in [0, 0.1) is 0 Å². The summed E-state index contributed by atoms with van der Waals surface area (Å²) >= 11 is 0. The van der Waals surface area contributed by atoms with Gasteiger partial charge >= 0.3 is 0 Å². The Labute approximate surface area is 160 Å². The van der Waals surface area contributed by atoms with Crippen LogP contribution in [0.4, 0.5) is 0 Å². The van der Waals surface area contributed by atoms with Crippen LogP contribution in [0.5, 0.6) is 0 Å². The Morgan fingerprint density at radius 3 is 2.22 bits per heavy atom. The number of carbonyl (C=O) groups is 2. The first-order valence-electron chi connectivity index (χ1n) is 9.86. The highest BCUT2D eigenvalue weighted by atomic mass is 16.2. The van der Waals surface area contributed by atoms with Gasteiger partial charge in [-0.15, -0.1) is 0 Å². The molecule has 4 rings (SSSR count). The molecule has 2 amide bonds. The summed E-state index contributed by atoms with van der Waals surface area (Å²) in [6, 6.07) is 20.0. The summed E-state index contributed by atoms with van der Waals surface area (Å²) < 4.78 is 0. The molecule has 140 valence electrons. The van der Waals surface area contributed by atoms with Crippen molar-refractivity contribution in [2.45, 2.75) is 50.7 Å². The van der Waals surface area contributed by atoms with E-state index in [2.05, 4.69) is 12.1 Å². The van der Waals surface area contributed by atoms with Crippen molar-refractivity contribution in [1.82, 2.24) is 9.80 Å². The SMILES string of the molecule is CC(=O)N1[C@H](c2ccccc2)C[C@@H]2[C@@H]1CCCCN2C(=O)c1ccccc1. The van der Waals surface area contributed by atoms with Crippen molar-refractivity contribution in [1.29, 1.82) is 0 Å². The van der Waals surface area contributed by atoms with Gasteiger partial charge in [-0.2, -0.15) is 0 Å². The lowest BCUT2D eigenvalue weighted by atomic mass is 10.00. The van der Waals surface area contributed by atoms with Gasteiger partial charge in [0.2, 0.25) is 5.91 Å². The molecule has 0 unspecified atom stereocenters. The minimum absolute atomic E-state index is 0.0443. The maximum atomic E-state index is 13.2. The highest BCUT2D eigenvalue weighted by molar-refractivity contribution is 5.94. The second-order valence-electron chi connectivity index (χ2n) is 7.58. The number of hydrogen-bond acceptors (Lipinski definition) is 2. The molecule has 0 aromatic heterocycles. The zero-order valence-electron chi connectivity index (χ0n) is 15.8. The third-order valence-electron chi connectivity index (χ3n) is 5.98. The van der Waals surface area contributed by atoms with Crippen LogP contribution in [0.3, 0.4) is 0 Å². The Morgan fingerprint density at radius 1 is 0.889 bits per heavy atom. The minimum Gasteiger partial charge on any atom is -0.334 e. The summed E-state index contributed by atoms with van der Waals surface area (Å²) in [6.45, 7) is 2.43. The zero-order valence-corrected chi connectivity index (χ0v) is 15.8. The van der Waals surface area contributed by atoms with Gasteiger partial charge in [-0.3, -0.25) is 9.59 Å². The molecule has 2 fully saturated rings. The third-order valence-corrected chi connectivity index (χ3v) is 5.98. The van der Waals surface area contributed by atoms with E-state index in [9.17, 15) is 9.59 Å². The Balaban J connectivity index is 1.69. The largest absolute Gasteiger partial charge is 0.334 e. The van der Waals surface area contributed by atoms with E-state index in [1.165, 1.54) is 0 Å². The predicted molar refractivity (Wildman–Crippen MR) is 105 cm³/mol. The Bertz CT molecular complexity index is 806. The molecule has 0 spiro atoms. The summed E-state index contributed by atoms with van der Waals surface area (Å²) in [5.74, 6) is 0.190. The first-order valence-corrected chi connectivity index (χ1v) is 9.86. The molecule has 2 aliphatic heterocycles. The monoisotopic (exact) mass is 362 g/mol. The van der Waals surface area contributed by atoms with Gasteiger partial charge in [-0.05, 0) is 43.4 Å². The van der Waals surface area contributed by atoms with Gasteiger partial charge < -0.3 is 9.80 Å². The van der Waals surface area contributed by atoms with E-state index in [-0.39, 0.29) is 29.9 Å². The molecule has 0 radical (unpaired) electrons. The number of nitrogens with zero attached hydrogens (tertiary/aromatic N) is 2. The van der Waals surface area contributed by atoms with Crippen LogP contribution in [-0.4, -0.2) is 40.2 Å². The lowest BCUT2D eigenvalue weighted by molar-refractivity contribution is -0.132. The van der Waals surface area contributed by atoms with Gasteiger partial charge in [0.1, 0.15) is 0 Å². The fourth-order valence-electron chi connectivity index (χ4n) is 4.81. The van der Waals surface area contributed by atoms with Gasteiger partial charge in [0, 0.05) is 19.0 Å². The summed E-state index contributed by atoms with van der Waals surface area (Å²) in [5, 5.41) is 0. The van der Waals surface area contributed by atoms with Crippen LogP contribution < -0.4 is 0 Å². The van der Waals surface area contributed by atoms with E-state index in [1.807, 2.05) is 58.3 Å². The molecule has 3 atom stereocenters. The molecule has 0 bridgehead atoms. The molecule has 0 N–H and O–H groups in total.